The zero-order valence-electron chi connectivity index (χ0n) is 10.4. The Balaban J connectivity index is 1.86. The Labute approximate surface area is 109 Å². The number of nitro benzene ring substituents is 1. The number of nitro groups is 1. The van der Waals surface area contributed by atoms with Crippen LogP contribution >= 0.6 is 0 Å². The van der Waals surface area contributed by atoms with Crippen LogP contribution in [0.5, 0.6) is 0 Å². The summed E-state index contributed by atoms with van der Waals surface area (Å²) >= 11 is 0. The van der Waals surface area contributed by atoms with E-state index in [-0.39, 0.29) is 5.69 Å². The molecule has 0 bridgehead atoms. The minimum atomic E-state index is -0.402. The van der Waals surface area contributed by atoms with Crippen LogP contribution in [0.1, 0.15) is 0 Å². The van der Waals surface area contributed by atoms with Crippen molar-refractivity contribution in [1.29, 1.82) is 0 Å². The molecule has 0 amide bonds. The molecule has 1 fully saturated rings. The Kier molecular flexibility index (Phi) is 3.14. The first kappa shape index (κ1) is 12.1. The van der Waals surface area contributed by atoms with Crippen molar-refractivity contribution in [2.45, 2.75) is 6.67 Å². The number of benzene rings is 1. The van der Waals surface area contributed by atoms with E-state index in [1.807, 2.05) is 4.57 Å². The zero-order chi connectivity index (χ0) is 13.2. The summed E-state index contributed by atoms with van der Waals surface area (Å²) in [6.45, 7) is 4.02. The Morgan fingerprint density at radius 3 is 2.89 bits per heavy atom. The van der Waals surface area contributed by atoms with Crippen LogP contribution in [0.2, 0.25) is 0 Å². The second-order valence-corrected chi connectivity index (χ2v) is 4.52. The van der Waals surface area contributed by atoms with Crippen LogP contribution in [0.4, 0.5) is 5.69 Å². The maximum Gasteiger partial charge on any atom is 0.271 e. The van der Waals surface area contributed by atoms with Crippen molar-refractivity contribution >= 4 is 16.7 Å². The van der Waals surface area contributed by atoms with Crippen LogP contribution < -0.4 is 0 Å². The highest BCUT2D eigenvalue weighted by Gasteiger charge is 2.14. The van der Waals surface area contributed by atoms with Gasteiger partial charge in [0.2, 0.25) is 0 Å². The van der Waals surface area contributed by atoms with Gasteiger partial charge in [-0.05, 0) is 6.07 Å². The van der Waals surface area contributed by atoms with Crippen molar-refractivity contribution < 1.29 is 9.66 Å². The summed E-state index contributed by atoms with van der Waals surface area (Å²) in [5.41, 5.74) is 1.64. The number of hydrogen-bond acceptors (Lipinski definition) is 5. The minimum absolute atomic E-state index is 0.0733. The minimum Gasteiger partial charge on any atom is -0.379 e. The van der Waals surface area contributed by atoms with Gasteiger partial charge < -0.3 is 9.30 Å². The predicted molar refractivity (Wildman–Crippen MR) is 68.8 cm³/mol. The number of hydrogen-bond donors (Lipinski definition) is 0. The molecule has 1 aliphatic heterocycles. The molecule has 100 valence electrons. The third-order valence-electron chi connectivity index (χ3n) is 3.27. The van der Waals surface area contributed by atoms with Gasteiger partial charge in [-0.15, -0.1) is 0 Å². The Morgan fingerprint density at radius 2 is 2.16 bits per heavy atom. The number of non-ortho nitro benzene ring substituents is 1. The van der Waals surface area contributed by atoms with Crippen molar-refractivity contribution in [3.05, 3.63) is 34.6 Å². The second-order valence-electron chi connectivity index (χ2n) is 4.52. The van der Waals surface area contributed by atoms with E-state index in [0.717, 1.165) is 38.5 Å². The number of aromatic nitrogens is 2. The van der Waals surface area contributed by atoms with Gasteiger partial charge in [0.1, 0.15) is 0 Å². The van der Waals surface area contributed by atoms with Crippen LogP contribution in [-0.2, 0) is 11.4 Å². The van der Waals surface area contributed by atoms with Gasteiger partial charge in [0, 0.05) is 25.2 Å². The molecule has 0 N–H and O–H groups in total. The summed E-state index contributed by atoms with van der Waals surface area (Å²) in [6, 6.07) is 4.77. The van der Waals surface area contributed by atoms with Gasteiger partial charge in [0.15, 0.2) is 0 Å². The molecule has 19 heavy (non-hydrogen) atoms. The van der Waals surface area contributed by atoms with E-state index >= 15 is 0 Å². The lowest BCUT2D eigenvalue weighted by Crippen LogP contribution is -2.37. The van der Waals surface area contributed by atoms with Crippen molar-refractivity contribution in [3.63, 3.8) is 0 Å². The number of imidazole rings is 1. The lowest BCUT2D eigenvalue weighted by molar-refractivity contribution is -0.384. The predicted octanol–water partition coefficient (Wildman–Crippen LogP) is 1.23. The van der Waals surface area contributed by atoms with Crippen LogP contribution in [0, 0.1) is 10.1 Å². The van der Waals surface area contributed by atoms with Crippen LogP contribution in [0.15, 0.2) is 24.5 Å². The highest BCUT2D eigenvalue weighted by Crippen LogP contribution is 2.20. The highest BCUT2D eigenvalue weighted by atomic mass is 16.6. The van der Waals surface area contributed by atoms with Gasteiger partial charge in [0.25, 0.3) is 5.69 Å². The normalized spacial score (nSPS) is 16.8. The van der Waals surface area contributed by atoms with Crippen molar-refractivity contribution in [3.8, 4) is 0 Å². The first-order valence-corrected chi connectivity index (χ1v) is 6.13. The van der Waals surface area contributed by atoms with Gasteiger partial charge in [-0.2, -0.15) is 0 Å². The fraction of sp³-hybridized carbons (Fsp3) is 0.417. The number of ether oxygens (including phenoxy) is 1. The molecule has 2 aromatic rings. The van der Waals surface area contributed by atoms with E-state index in [1.54, 1.807) is 12.4 Å². The fourth-order valence-electron chi connectivity index (χ4n) is 2.24. The molecule has 0 radical (unpaired) electrons. The largest absolute Gasteiger partial charge is 0.379 e. The van der Waals surface area contributed by atoms with Gasteiger partial charge in [-0.1, -0.05) is 0 Å². The van der Waals surface area contributed by atoms with Gasteiger partial charge in [0.05, 0.1) is 42.2 Å². The third kappa shape index (κ3) is 2.42. The summed E-state index contributed by atoms with van der Waals surface area (Å²) in [5.74, 6) is 0. The second kappa shape index (κ2) is 4.94. The Bertz CT molecular complexity index is 604. The molecule has 7 nitrogen and oxygen atoms in total. The quantitative estimate of drug-likeness (QED) is 0.614. The van der Waals surface area contributed by atoms with Crippen LogP contribution in [0.3, 0.4) is 0 Å². The first-order chi connectivity index (χ1) is 9.24. The van der Waals surface area contributed by atoms with Crippen molar-refractivity contribution in [2.75, 3.05) is 26.3 Å². The smallest absolute Gasteiger partial charge is 0.271 e. The Morgan fingerprint density at radius 1 is 1.37 bits per heavy atom. The molecule has 2 heterocycles. The summed E-state index contributed by atoms with van der Waals surface area (Å²) in [6.07, 6.45) is 1.73. The lowest BCUT2D eigenvalue weighted by Gasteiger charge is -2.26. The maximum absolute atomic E-state index is 10.7. The number of fused-ring (bicyclic) bond motifs is 1. The molecular formula is C12H14N4O3. The third-order valence-corrected chi connectivity index (χ3v) is 3.27. The Hall–Kier alpha value is -1.99. The van der Waals surface area contributed by atoms with E-state index in [2.05, 4.69) is 9.88 Å². The van der Waals surface area contributed by atoms with E-state index < -0.39 is 4.92 Å². The molecule has 0 unspecified atom stereocenters. The van der Waals surface area contributed by atoms with Gasteiger partial charge in [-0.3, -0.25) is 15.0 Å². The number of nitrogens with zero attached hydrogens (tertiary/aromatic N) is 4. The van der Waals surface area contributed by atoms with Crippen molar-refractivity contribution in [2.24, 2.45) is 0 Å². The van der Waals surface area contributed by atoms with Crippen LogP contribution in [0.25, 0.3) is 11.0 Å². The zero-order valence-corrected chi connectivity index (χ0v) is 10.4. The van der Waals surface area contributed by atoms with Gasteiger partial charge in [-0.25, -0.2) is 4.98 Å². The van der Waals surface area contributed by atoms with E-state index in [1.165, 1.54) is 12.1 Å². The van der Waals surface area contributed by atoms with Crippen LogP contribution in [-0.4, -0.2) is 45.7 Å². The molecular weight excluding hydrogens is 248 g/mol. The monoisotopic (exact) mass is 262 g/mol. The number of rotatable bonds is 3. The van der Waals surface area contributed by atoms with E-state index in [0.29, 0.717) is 5.52 Å². The van der Waals surface area contributed by atoms with E-state index in [9.17, 15) is 10.1 Å². The molecule has 0 saturated carbocycles. The molecule has 1 aromatic carbocycles. The molecule has 3 rings (SSSR count). The average molecular weight is 262 g/mol. The summed E-state index contributed by atoms with van der Waals surface area (Å²) < 4.78 is 7.31. The summed E-state index contributed by atoms with van der Waals surface area (Å²) in [7, 11) is 0. The fourth-order valence-corrected chi connectivity index (χ4v) is 2.24. The van der Waals surface area contributed by atoms with Crippen molar-refractivity contribution in [1.82, 2.24) is 14.5 Å². The molecule has 0 atom stereocenters. The first-order valence-electron chi connectivity index (χ1n) is 6.13. The number of morpholine rings is 1. The molecule has 1 aromatic heterocycles. The standard InChI is InChI=1S/C12H14N4O3/c17-16(18)10-1-2-12-11(7-10)13-8-15(12)9-14-3-5-19-6-4-14/h1-2,7-8H,3-6,9H2. The molecule has 7 heteroatoms. The SMILES string of the molecule is O=[N+]([O-])c1ccc2c(c1)ncn2CN1CCOCC1. The molecule has 1 saturated heterocycles. The highest BCUT2D eigenvalue weighted by molar-refractivity contribution is 5.77. The van der Waals surface area contributed by atoms with E-state index in [4.69, 9.17) is 4.74 Å². The summed E-state index contributed by atoms with van der Waals surface area (Å²) in [4.78, 5) is 16.8. The topological polar surface area (TPSA) is 73.4 Å². The summed E-state index contributed by atoms with van der Waals surface area (Å²) in [5, 5.41) is 10.7. The molecule has 0 spiro atoms. The molecule has 0 aliphatic carbocycles. The van der Waals surface area contributed by atoms with Gasteiger partial charge >= 0.3 is 0 Å². The average Bonchev–Trinajstić information content (AvgIpc) is 2.82. The molecule has 1 aliphatic rings. The lowest BCUT2D eigenvalue weighted by atomic mass is 10.3. The maximum atomic E-state index is 10.7.